The van der Waals surface area contributed by atoms with Crippen molar-refractivity contribution < 1.29 is 18.3 Å². The van der Waals surface area contributed by atoms with E-state index in [4.69, 9.17) is 28.3 Å². The number of aromatic carboxylic acids is 1. The molecule has 0 aliphatic carbocycles. The van der Waals surface area contributed by atoms with Gasteiger partial charge in [0, 0.05) is 4.47 Å². The maximum atomic E-state index is 12.2. The molecule has 0 radical (unpaired) electrons. The highest BCUT2D eigenvalue weighted by molar-refractivity contribution is 9.10. The molecule has 0 atom stereocenters. The van der Waals surface area contributed by atoms with Gasteiger partial charge in [-0.2, -0.15) is 0 Å². The number of hydrogen-bond donors (Lipinski definition) is 2. The first kappa shape index (κ1) is 16.6. The van der Waals surface area contributed by atoms with Crippen LogP contribution in [-0.4, -0.2) is 19.5 Å². The zero-order valence-electron chi connectivity index (χ0n) is 9.93. The number of rotatable bonds is 4. The normalized spacial score (nSPS) is 11.4. The molecule has 0 amide bonds. The molecule has 0 spiro atoms. The van der Waals surface area contributed by atoms with Gasteiger partial charge < -0.3 is 5.11 Å². The van der Waals surface area contributed by atoms with E-state index in [1.165, 1.54) is 24.3 Å². The number of carbonyl (C=O) groups is 1. The molecule has 0 saturated heterocycles. The van der Waals surface area contributed by atoms with Gasteiger partial charge in [-0.25, -0.2) is 13.2 Å². The molecule has 10 heteroatoms. The number of halogens is 3. The maximum Gasteiger partial charge on any atom is 0.335 e. The monoisotopic (exact) mass is 429 g/mol. The standard InChI is InChI=1S/C11H6BrCl2NO4S2/c12-6-3-5(11(16)17)1-2-7(6)15-21(18,19)8-4-9(13)20-10(8)14/h1-4,15H,(H,16,17). The molecule has 21 heavy (non-hydrogen) atoms. The first-order valence-corrected chi connectivity index (χ1v) is 9.06. The molecule has 5 nitrogen and oxygen atoms in total. The minimum atomic E-state index is -3.91. The van der Waals surface area contributed by atoms with Crippen LogP contribution in [-0.2, 0) is 10.0 Å². The molecule has 1 aromatic carbocycles. The molecule has 1 heterocycles. The molecule has 0 bridgehead atoms. The summed E-state index contributed by atoms with van der Waals surface area (Å²) in [6, 6.07) is 5.17. The van der Waals surface area contributed by atoms with E-state index in [2.05, 4.69) is 20.7 Å². The van der Waals surface area contributed by atoms with Gasteiger partial charge in [0.15, 0.2) is 0 Å². The topological polar surface area (TPSA) is 83.5 Å². The van der Waals surface area contributed by atoms with Gasteiger partial charge in [0.1, 0.15) is 9.23 Å². The molecular weight excluding hydrogens is 425 g/mol. The van der Waals surface area contributed by atoms with Crippen LogP contribution in [0.5, 0.6) is 0 Å². The lowest BCUT2D eigenvalue weighted by Gasteiger charge is -2.09. The summed E-state index contributed by atoms with van der Waals surface area (Å²) in [6.07, 6.45) is 0. The van der Waals surface area contributed by atoms with E-state index >= 15 is 0 Å². The van der Waals surface area contributed by atoms with Crippen LogP contribution in [0.2, 0.25) is 8.67 Å². The quantitative estimate of drug-likeness (QED) is 0.756. The van der Waals surface area contributed by atoms with Gasteiger partial charge in [0.05, 0.1) is 15.6 Å². The van der Waals surface area contributed by atoms with Gasteiger partial charge >= 0.3 is 5.97 Å². The number of sulfonamides is 1. The van der Waals surface area contributed by atoms with Crippen LogP contribution in [0, 0.1) is 0 Å². The first-order valence-electron chi connectivity index (χ1n) is 5.21. The lowest BCUT2D eigenvalue weighted by atomic mass is 10.2. The number of carboxylic acids is 1. The third kappa shape index (κ3) is 3.70. The van der Waals surface area contributed by atoms with E-state index in [0.717, 1.165) is 11.3 Å². The Balaban J connectivity index is 2.37. The second-order valence-electron chi connectivity index (χ2n) is 3.79. The van der Waals surface area contributed by atoms with Gasteiger partial charge in [-0.05, 0) is 40.2 Å². The number of thiophene rings is 1. The molecule has 2 rings (SSSR count). The Labute approximate surface area is 142 Å². The van der Waals surface area contributed by atoms with E-state index in [9.17, 15) is 13.2 Å². The van der Waals surface area contributed by atoms with Gasteiger partial charge in [-0.15, -0.1) is 11.3 Å². The molecule has 0 unspecified atom stereocenters. The van der Waals surface area contributed by atoms with E-state index in [1.54, 1.807) is 0 Å². The van der Waals surface area contributed by atoms with Gasteiger partial charge in [0.25, 0.3) is 10.0 Å². The zero-order valence-corrected chi connectivity index (χ0v) is 14.7. The summed E-state index contributed by atoms with van der Waals surface area (Å²) in [6.45, 7) is 0. The summed E-state index contributed by atoms with van der Waals surface area (Å²) < 4.78 is 27.4. The number of benzene rings is 1. The fourth-order valence-corrected chi connectivity index (χ4v) is 5.28. The SMILES string of the molecule is O=C(O)c1ccc(NS(=O)(=O)c2cc(Cl)sc2Cl)c(Br)c1. The first-order chi connectivity index (χ1) is 9.70. The van der Waals surface area contributed by atoms with Gasteiger partial charge in [-0.3, -0.25) is 4.72 Å². The minimum Gasteiger partial charge on any atom is -0.478 e. The van der Waals surface area contributed by atoms with Crippen molar-refractivity contribution in [3.8, 4) is 0 Å². The number of nitrogens with one attached hydrogen (secondary N) is 1. The Hall–Kier alpha value is -0.800. The highest BCUT2D eigenvalue weighted by Crippen LogP contribution is 2.36. The average molecular weight is 431 g/mol. The summed E-state index contributed by atoms with van der Waals surface area (Å²) in [5, 5.41) is 8.86. The molecule has 2 aromatic rings. The smallest absolute Gasteiger partial charge is 0.335 e. The lowest BCUT2D eigenvalue weighted by molar-refractivity contribution is 0.0697. The minimum absolute atomic E-state index is 0.0291. The van der Waals surface area contributed by atoms with Crippen molar-refractivity contribution in [1.29, 1.82) is 0 Å². The van der Waals surface area contributed by atoms with E-state index in [0.29, 0.717) is 4.47 Å². The average Bonchev–Trinajstić information content (AvgIpc) is 2.71. The summed E-state index contributed by atoms with van der Waals surface area (Å²) in [5.74, 6) is -1.11. The van der Waals surface area contributed by atoms with Crippen molar-refractivity contribution in [3.63, 3.8) is 0 Å². The largest absolute Gasteiger partial charge is 0.478 e. The van der Waals surface area contributed by atoms with E-state index in [1.807, 2.05) is 0 Å². The fourth-order valence-electron chi connectivity index (χ4n) is 1.44. The van der Waals surface area contributed by atoms with E-state index < -0.39 is 16.0 Å². The Morgan fingerprint density at radius 1 is 1.29 bits per heavy atom. The molecule has 2 N–H and O–H groups in total. The number of hydrogen-bond acceptors (Lipinski definition) is 4. The van der Waals surface area contributed by atoms with Gasteiger partial charge in [0.2, 0.25) is 0 Å². The zero-order chi connectivity index (χ0) is 15.8. The van der Waals surface area contributed by atoms with Crippen LogP contribution < -0.4 is 4.72 Å². The highest BCUT2D eigenvalue weighted by atomic mass is 79.9. The molecule has 0 aliphatic rings. The highest BCUT2D eigenvalue weighted by Gasteiger charge is 2.22. The van der Waals surface area contributed by atoms with Gasteiger partial charge in [-0.1, -0.05) is 23.2 Å². The third-order valence-corrected chi connectivity index (χ3v) is 6.15. The van der Waals surface area contributed by atoms with Crippen molar-refractivity contribution in [2.75, 3.05) is 4.72 Å². The lowest BCUT2D eigenvalue weighted by Crippen LogP contribution is -2.13. The molecule has 0 fully saturated rings. The summed E-state index contributed by atoms with van der Waals surface area (Å²) in [4.78, 5) is 10.7. The summed E-state index contributed by atoms with van der Waals surface area (Å²) >= 11 is 15.6. The summed E-state index contributed by atoms with van der Waals surface area (Å²) in [5.41, 5.74) is 0.222. The van der Waals surface area contributed by atoms with Crippen molar-refractivity contribution in [1.82, 2.24) is 0 Å². The molecule has 0 aliphatic heterocycles. The second kappa shape index (κ2) is 6.13. The Morgan fingerprint density at radius 2 is 1.95 bits per heavy atom. The molecule has 112 valence electrons. The van der Waals surface area contributed by atoms with Crippen LogP contribution in [0.1, 0.15) is 10.4 Å². The summed E-state index contributed by atoms with van der Waals surface area (Å²) in [7, 11) is -3.91. The Bertz CT molecular complexity index is 820. The van der Waals surface area contributed by atoms with Crippen molar-refractivity contribution in [2.45, 2.75) is 4.90 Å². The number of carboxylic acid groups (broad SMARTS) is 1. The number of anilines is 1. The van der Waals surface area contributed by atoms with Crippen molar-refractivity contribution in [2.24, 2.45) is 0 Å². The van der Waals surface area contributed by atoms with Crippen molar-refractivity contribution >= 4 is 72.1 Å². The van der Waals surface area contributed by atoms with Crippen LogP contribution in [0.15, 0.2) is 33.6 Å². The van der Waals surface area contributed by atoms with Crippen molar-refractivity contribution in [3.05, 3.63) is 43.0 Å². The van der Waals surface area contributed by atoms with Crippen LogP contribution in [0.3, 0.4) is 0 Å². The van der Waals surface area contributed by atoms with Crippen LogP contribution in [0.25, 0.3) is 0 Å². The Morgan fingerprint density at radius 3 is 2.43 bits per heavy atom. The van der Waals surface area contributed by atoms with Crippen LogP contribution in [0.4, 0.5) is 5.69 Å². The molecular formula is C11H6BrCl2NO4S2. The predicted molar refractivity (Wildman–Crippen MR) is 86.2 cm³/mol. The third-order valence-electron chi connectivity index (χ3n) is 2.38. The van der Waals surface area contributed by atoms with Crippen LogP contribution >= 0.6 is 50.5 Å². The maximum absolute atomic E-state index is 12.2. The molecule has 1 aromatic heterocycles. The second-order valence-corrected chi connectivity index (χ2v) is 8.58. The Kier molecular flexibility index (Phi) is 4.84. The predicted octanol–water partition coefficient (Wildman–Crippen LogP) is 4.32. The van der Waals surface area contributed by atoms with E-state index in [-0.39, 0.29) is 24.8 Å². The molecule has 0 saturated carbocycles. The fraction of sp³-hybridized carbons (Fsp3) is 0.